The summed E-state index contributed by atoms with van der Waals surface area (Å²) >= 11 is 0. The van der Waals surface area contributed by atoms with Crippen molar-refractivity contribution >= 4 is 12.0 Å². The number of benzene rings is 1. The summed E-state index contributed by atoms with van der Waals surface area (Å²) in [4.78, 5) is 15.5. The van der Waals surface area contributed by atoms with Crippen LogP contribution in [-0.4, -0.2) is 31.2 Å². The standard InChI is InChI=1S/C13H19N3O2/c1-10(16-18-7-6-14)12-4-2-11(3-5-12)8-13(15)9-17/h2-5,9,13H,6-8,14-15H2,1H3/b16-10+/t13-/m0/s1. The van der Waals surface area contributed by atoms with Crippen molar-refractivity contribution in [2.45, 2.75) is 19.4 Å². The first-order valence-electron chi connectivity index (χ1n) is 5.84. The first kappa shape index (κ1) is 14.3. The second-order valence-electron chi connectivity index (χ2n) is 4.00. The minimum Gasteiger partial charge on any atom is -0.394 e. The molecule has 98 valence electrons. The molecule has 0 fully saturated rings. The summed E-state index contributed by atoms with van der Waals surface area (Å²) < 4.78 is 0. The van der Waals surface area contributed by atoms with Crippen LogP contribution in [0.2, 0.25) is 0 Å². The summed E-state index contributed by atoms with van der Waals surface area (Å²) in [7, 11) is 0. The highest BCUT2D eigenvalue weighted by molar-refractivity contribution is 5.98. The predicted molar refractivity (Wildman–Crippen MR) is 71.4 cm³/mol. The third-order valence-electron chi connectivity index (χ3n) is 2.43. The molecule has 5 heteroatoms. The molecule has 0 bridgehead atoms. The lowest BCUT2D eigenvalue weighted by molar-refractivity contribution is -0.108. The highest BCUT2D eigenvalue weighted by Gasteiger charge is 2.03. The number of hydrogen-bond acceptors (Lipinski definition) is 5. The van der Waals surface area contributed by atoms with Crippen molar-refractivity contribution in [2.75, 3.05) is 13.2 Å². The Hall–Kier alpha value is -1.72. The van der Waals surface area contributed by atoms with Crippen LogP contribution in [0.25, 0.3) is 0 Å². The molecular weight excluding hydrogens is 230 g/mol. The van der Waals surface area contributed by atoms with Gasteiger partial charge >= 0.3 is 0 Å². The summed E-state index contributed by atoms with van der Waals surface area (Å²) in [5, 5.41) is 3.95. The lowest BCUT2D eigenvalue weighted by Crippen LogP contribution is -2.24. The highest BCUT2D eigenvalue weighted by atomic mass is 16.6. The summed E-state index contributed by atoms with van der Waals surface area (Å²) in [5.41, 5.74) is 13.6. The average Bonchev–Trinajstić information content (AvgIpc) is 2.39. The largest absolute Gasteiger partial charge is 0.394 e. The van der Waals surface area contributed by atoms with Crippen LogP contribution in [0.3, 0.4) is 0 Å². The third kappa shape index (κ3) is 4.65. The zero-order chi connectivity index (χ0) is 13.4. The molecule has 0 aliphatic heterocycles. The summed E-state index contributed by atoms with van der Waals surface area (Å²) in [6.45, 7) is 2.71. The Bertz CT molecular complexity index is 401. The lowest BCUT2D eigenvalue weighted by Gasteiger charge is -2.06. The van der Waals surface area contributed by atoms with Crippen molar-refractivity contribution in [3.8, 4) is 0 Å². The van der Waals surface area contributed by atoms with Gasteiger partial charge in [-0.3, -0.25) is 0 Å². The predicted octanol–water partition coefficient (Wildman–Crippen LogP) is 0.455. The quantitative estimate of drug-likeness (QED) is 0.318. The second kappa shape index (κ2) is 7.58. The van der Waals surface area contributed by atoms with Crippen molar-refractivity contribution in [1.29, 1.82) is 0 Å². The van der Waals surface area contributed by atoms with E-state index in [4.69, 9.17) is 16.3 Å². The van der Waals surface area contributed by atoms with E-state index in [1.54, 1.807) is 0 Å². The Balaban J connectivity index is 2.64. The van der Waals surface area contributed by atoms with Crippen LogP contribution in [0.15, 0.2) is 29.4 Å². The van der Waals surface area contributed by atoms with Gasteiger partial charge in [-0.05, 0) is 24.5 Å². The fourth-order valence-electron chi connectivity index (χ4n) is 1.45. The Labute approximate surface area is 107 Å². The van der Waals surface area contributed by atoms with Gasteiger partial charge in [0.25, 0.3) is 0 Å². The number of oxime groups is 1. The number of nitrogens with two attached hydrogens (primary N) is 2. The van der Waals surface area contributed by atoms with Gasteiger partial charge < -0.3 is 21.1 Å². The third-order valence-corrected chi connectivity index (χ3v) is 2.43. The van der Waals surface area contributed by atoms with Gasteiger partial charge in [0.1, 0.15) is 12.9 Å². The minimum absolute atomic E-state index is 0.406. The maximum absolute atomic E-state index is 10.5. The van der Waals surface area contributed by atoms with Gasteiger partial charge in [-0.25, -0.2) is 0 Å². The topological polar surface area (TPSA) is 90.7 Å². The van der Waals surface area contributed by atoms with Crippen LogP contribution in [-0.2, 0) is 16.1 Å². The molecule has 0 amide bonds. The molecule has 0 spiro atoms. The molecule has 1 rings (SSSR count). The number of aldehydes is 1. The van der Waals surface area contributed by atoms with E-state index < -0.39 is 6.04 Å². The molecule has 1 aromatic rings. The monoisotopic (exact) mass is 249 g/mol. The van der Waals surface area contributed by atoms with Crippen LogP contribution in [0, 0.1) is 0 Å². The Morgan fingerprint density at radius 2 is 2.11 bits per heavy atom. The molecule has 0 radical (unpaired) electrons. The van der Waals surface area contributed by atoms with Crippen molar-refractivity contribution in [3.63, 3.8) is 0 Å². The van der Waals surface area contributed by atoms with Gasteiger partial charge in [0.15, 0.2) is 0 Å². The minimum atomic E-state index is -0.446. The van der Waals surface area contributed by atoms with E-state index in [0.717, 1.165) is 23.1 Å². The zero-order valence-electron chi connectivity index (χ0n) is 10.5. The van der Waals surface area contributed by atoms with Crippen LogP contribution in [0.5, 0.6) is 0 Å². The Kier molecular flexibility index (Phi) is 6.04. The van der Waals surface area contributed by atoms with Crippen LogP contribution in [0.1, 0.15) is 18.1 Å². The first-order chi connectivity index (χ1) is 8.67. The molecular formula is C13H19N3O2. The van der Waals surface area contributed by atoms with E-state index >= 15 is 0 Å². The Morgan fingerprint density at radius 3 is 2.67 bits per heavy atom. The molecule has 0 aliphatic rings. The first-order valence-corrected chi connectivity index (χ1v) is 5.84. The van der Waals surface area contributed by atoms with E-state index in [1.807, 2.05) is 31.2 Å². The van der Waals surface area contributed by atoms with Gasteiger partial charge in [-0.15, -0.1) is 0 Å². The van der Waals surface area contributed by atoms with Crippen molar-refractivity contribution < 1.29 is 9.63 Å². The van der Waals surface area contributed by atoms with E-state index in [1.165, 1.54) is 0 Å². The fraction of sp³-hybridized carbons (Fsp3) is 0.385. The summed E-state index contributed by atoms with van der Waals surface area (Å²) in [6, 6.07) is 7.27. The molecule has 4 N–H and O–H groups in total. The molecule has 18 heavy (non-hydrogen) atoms. The lowest BCUT2D eigenvalue weighted by atomic mass is 10.0. The summed E-state index contributed by atoms with van der Waals surface area (Å²) in [6.07, 6.45) is 1.30. The Morgan fingerprint density at radius 1 is 1.44 bits per heavy atom. The van der Waals surface area contributed by atoms with Crippen molar-refractivity contribution in [3.05, 3.63) is 35.4 Å². The summed E-state index contributed by atoms with van der Waals surface area (Å²) in [5.74, 6) is 0. The molecule has 5 nitrogen and oxygen atoms in total. The van der Waals surface area contributed by atoms with E-state index in [2.05, 4.69) is 5.16 Å². The van der Waals surface area contributed by atoms with Gasteiger partial charge in [-0.1, -0.05) is 29.4 Å². The second-order valence-corrected chi connectivity index (χ2v) is 4.00. The van der Waals surface area contributed by atoms with E-state index in [-0.39, 0.29) is 0 Å². The SMILES string of the molecule is C/C(=N\OCCN)c1ccc(C[C@H](N)C=O)cc1. The maximum Gasteiger partial charge on any atom is 0.137 e. The normalized spacial score (nSPS) is 13.2. The molecule has 1 atom stereocenters. The van der Waals surface area contributed by atoms with E-state index in [9.17, 15) is 4.79 Å². The highest BCUT2D eigenvalue weighted by Crippen LogP contribution is 2.07. The fourth-order valence-corrected chi connectivity index (χ4v) is 1.45. The van der Waals surface area contributed by atoms with Crippen molar-refractivity contribution in [1.82, 2.24) is 0 Å². The molecule has 0 saturated heterocycles. The molecule has 1 aromatic carbocycles. The maximum atomic E-state index is 10.5. The molecule has 0 unspecified atom stereocenters. The number of rotatable bonds is 7. The number of hydrogen-bond donors (Lipinski definition) is 2. The smallest absolute Gasteiger partial charge is 0.137 e. The molecule has 0 heterocycles. The molecule has 0 saturated carbocycles. The van der Waals surface area contributed by atoms with Crippen molar-refractivity contribution in [2.24, 2.45) is 16.6 Å². The number of carbonyl (C=O) groups is 1. The van der Waals surface area contributed by atoms with Gasteiger partial charge in [-0.2, -0.15) is 0 Å². The zero-order valence-corrected chi connectivity index (χ0v) is 10.5. The van der Waals surface area contributed by atoms with Crippen LogP contribution < -0.4 is 11.5 Å². The molecule has 0 aromatic heterocycles. The van der Waals surface area contributed by atoms with Gasteiger partial charge in [0, 0.05) is 6.54 Å². The van der Waals surface area contributed by atoms with E-state index in [0.29, 0.717) is 19.6 Å². The molecule has 0 aliphatic carbocycles. The van der Waals surface area contributed by atoms with Crippen LogP contribution in [0.4, 0.5) is 0 Å². The van der Waals surface area contributed by atoms with Crippen LogP contribution >= 0.6 is 0 Å². The van der Waals surface area contributed by atoms with Gasteiger partial charge in [0.2, 0.25) is 0 Å². The number of nitrogens with zero attached hydrogens (tertiary/aromatic N) is 1. The number of carbonyl (C=O) groups excluding carboxylic acids is 1. The van der Waals surface area contributed by atoms with Gasteiger partial charge in [0.05, 0.1) is 11.8 Å². The average molecular weight is 249 g/mol.